The first-order valence-electron chi connectivity index (χ1n) is 7.17. The number of hydrogen-bond donors (Lipinski definition) is 1. The zero-order chi connectivity index (χ0) is 14.1. The zero-order valence-corrected chi connectivity index (χ0v) is 12.1. The second-order valence-corrected chi connectivity index (χ2v) is 5.82. The number of fused-ring (bicyclic) bond motifs is 1. The van der Waals surface area contributed by atoms with E-state index in [1.807, 2.05) is 12.1 Å². The van der Waals surface area contributed by atoms with Crippen molar-refractivity contribution in [3.63, 3.8) is 0 Å². The number of aliphatic hydroxyl groups excluding tert-OH is 1. The third-order valence-corrected chi connectivity index (χ3v) is 4.25. The average Bonchev–Trinajstić information content (AvgIpc) is 2.77. The molecular weight excluding hydrogens is 246 g/mol. The minimum absolute atomic E-state index is 0.174. The first-order chi connectivity index (χ1) is 9.65. The zero-order valence-electron chi connectivity index (χ0n) is 12.1. The van der Waals surface area contributed by atoms with Crippen LogP contribution in [0.1, 0.15) is 28.4 Å². The number of likely N-dealkylation sites (N-methyl/N-ethyl adjacent to an activating group) is 1. The van der Waals surface area contributed by atoms with Gasteiger partial charge in [0.05, 0.1) is 6.10 Å². The van der Waals surface area contributed by atoms with Crippen molar-refractivity contribution < 1.29 is 5.11 Å². The molecule has 1 aliphatic rings. The van der Waals surface area contributed by atoms with Gasteiger partial charge in [0.1, 0.15) is 0 Å². The van der Waals surface area contributed by atoms with Gasteiger partial charge in [-0.1, -0.05) is 54.1 Å². The minimum atomic E-state index is -0.374. The maximum absolute atomic E-state index is 10.5. The lowest BCUT2D eigenvalue weighted by Gasteiger charge is -2.27. The largest absolute Gasteiger partial charge is 0.387 e. The molecule has 2 atom stereocenters. The topological polar surface area (TPSA) is 23.5 Å². The summed E-state index contributed by atoms with van der Waals surface area (Å²) in [6.45, 7) is 2.99. The van der Waals surface area contributed by atoms with Crippen LogP contribution in [0.5, 0.6) is 0 Å². The van der Waals surface area contributed by atoms with Crippen molar-refractivity contribution >= 4 is 0 Å². The Kier molecular flexibility index (Phi) is 3.60. The number of aliphatic hydroxyl groups is 1. The highest BCUT2D eigenvalue weighted by molar-refractivity contribution is 5.36. The first kappa shape index (κ1) is 13.3. The smallest absolute Gasteiger partial charge is 0.0951 e. The maximum Gasteiger partial charge on any atom is 0.0951 e. The van der Waals surface area contributed by atoms with Crippen LogP contribution in [0, 0.1) is 6.92 Å². The Balaban J connectivity index is 1.75. The Bertz CT molecular complexity index is 608. The van der Waals surface area contributed by atoms with E-state index >= 15 is 0 Å². The molecule has 0 aliphatic heterocycles. The summed E-state index contributed by atoms with van der Waals surface area (Å²) in [4.78, 5) is 2.26. The van der Waals surface area contributed by atoms with Crippen LogP contribution in [0.3, 0.4) is 0 Å². The SMILES string of the molecule is Cc1cccc(CN(C)C2Cc3ccccc3C2O)c1. The van der Waals surface area contributed by atoms with Gasteiger partial charge >= 0.3 is 0 Å². The summed E-state index contributed by atoms with van der Waals surface area (Å²) in [5.74, 6) is 0. The number of benzene rings is 2. The molecule has 104 valence electrons. The molecule has 0 bridgehead atoms. The number of hydrogen-bond acceptors (Lipinski definition) is 2. The average molecular weight is 267 g/mol. The van der Waals surface area contributed by atoms with E-state index in [0.717, 1.165) is 18.5 Å². The monoisotopic (exact) mass is 267 g/mol. The fraction of sp³-hybridized carbons (Fsp3) is 0.333. The maximum atomic E-state index is 10.5. The van der Waals surface area contributed by atoms with Crippen LogP contribution in [0.2, 0.25) is 0 Å². The molecule has 2 aromatic carbocycles. The van der Waals surface area contributed by atoms with E-state index in [0.29, 0.717) is 0 Å². The minimum Gasteiger partial charge on any atom is -0.387 e. The van der Waals surface area contributed by atoms with Crippen LogP contribution in [0.25, 0.3) is 0 Å². The second kappa shape index (κ2) is 5.39. The van der Waals surface area contributed by atoms with Crippen LogP contribution in [0.4, 0.5) is 0 Å². The molecule has 0 amide bonds. The predicted molar refractivity (Wildman–Crippen MR) is 81.5 cm³/mol. The lowest BCUT2D eigenvalue weighted by molar-refractivity contribution is 0.0721. The standard InChI is InChI=1S/C18H21NO/c1-13-6-5-7-14(10-13)12-19(2)17-11-15-8-3-4-9-16(15)18(17)20/h3-10,17-18,20H,11-12H2,1-2H3. The molecule has 1 aliphatic carbocycles. The highest BCUT2D eigenvalue weighted by Gasteiger charge is 2.33. The van der Waals surface area contributed by atoms with E-state index in [1.54, 1.807) is 0 Å². The first-order valence-corrected chi connectivity index (χ1v) is 7.17. The van der Waals surface area contributed by atoms with Gasteiger partial charge in [0.15, 0.2) is 0 Å². The van der Waals surface area contributed by atoms with Crippen molar-refractivity contribution in [3.8, 4) is 0 Å². The lowest BCUT2D eigenvalue weighted by Crippen LogP contribution is -2.34. The Labute approximate surface area is 120 Å². The quantitative estimate of drug-likeness (QED) is 0.923. The molecule has 0 radical (unpaired) electrons. The number of rotatable bonds is 3. The summed E-state index contributed by atoms with van der Waals surface area (Å²) in [5, 5.41) is 10.5. The Morgan fingerprint density at radius 2 is 1.95 bits per heavy atom. The molecule has 0 fully saturated rings. The molecule has 2 aromatic rings. The van der Waals surface area contributed by atoms with Crippen LogP contribution >= 0.6 is 0 Å². The van der Waals surface area contributed by atoms with Crippen LogP contribution in [0.15, 0.2) is 48.5 Å². The van der Waals surface area contributed by atoms with E-state index in [4.69, 9.17) is 0 Å². The highest BCUT2D eigenvalue weighted by atomic mass is 16.3. The molecule has 2 heteroatoms. The number of nitrogens with zero attached hydrogens (tertiary/aromatic N) is 1. The number of aryl methyl sites for hydroxylation is 1. The van der Waals surface area contributed by atoms with Crippen molar-refractivity contribution in [2.75, 3.05) is 7.05 Å². The Morgan fingerprint density at radius 1 is 1.15 bits per heavy atom. The third-order valence-electron chi connectivity index (χ3n) is 4.25. The fourth-order valence-electron chi connectivity index (χ4n) is 3.17. The van der Waals surface area contributed by atoms with Gasteiger partial charge in [-0.3, -0.25) is 4.90 Å². The summed E-state index contributed by atoms with van der Waals surface area (Å²) in [5.41, 5.74) is 4.96. The molecule has 3 rings (SSSR count). The molecule has 0 aromatic heterocycles. The predicted octanol–water partition coefficient (Wildman–Crippen LogP) is 3.09. The summed E-state index contributed by atoms with van der Waals surface area (Å²) in [6.07, 6.45) is 0.556. The van der Waals surface area contributed by atoms with Crippen molar-refractivity contribution in [1.29, 1.82) is 0 Å². The summed E-state index contributed by atoms with van der Waals surface area (Å²) in [7, 11) is 2.10. The normalized spacial score (nSPS) is 21.2. The Morgan fingerprint density at radius 3 is 2.70 bits per heavy atom. The fourth-order valence-corrected chi connectivity index (χ4v) is 3.17. The van der Waals surface area contributed by atoms with Gasteiger partial charge in [0, 0.05) is 12.6 Å². The molecular formula is C18H21NO. The van der Waals surface area contributed by atoms with Crippen molar-refractivity contribution in [2.45, 2.75) is 32.0 Å². The van der Waals surface area contributed by atoms with Gasteiger partial charge in [0.25, 0.3) is 0 Å². The Hall–Kier alpha value is -1.64. The molecule has 2 nitrogen and oxygen atoms in total. The molecule has 0 saturated carbocycles. The van der Waals surface area contributed by atoms with Crippen molar-refractivity contribution in [3.05, 3.63) is 70.8 Å². The van der Waals surface area contributed by atoms with E-state index in [9.17, 15) is 5.11 Å². The van der Waals surface area contributed by atoms with Crippen LogP contribution in [-0.2, 0) is 13.0 Å². The van der Waals surface area contributed by atoms with Gasteiger partial charge < -0.3 is 5.11 Å². The second-order valence-electron chi connectivity index (χ2n) is 5.82. The lowest BCUT2D eigenvalue weighted by atomic mass is 10.1. The van der Waals surface area contributed by atoms with Crippen molar-refractivity contribution in [2.24, 2.45) is 0 Å². The molecule has 20 heavy (non-hydrogen) atoms. The van der Waals surface area contributed by atoms with Gasteiger partial charge in [-0.25, -0.2) is 0 Å². The summed E-state index contributed by atoms with van der Waals surface area (Å²) >= 11 is 0. The molecule has 0 saturated heterocycles. The van der Waals surface area contributed by atoms with Gasteiger partial charge in [-0.05, 0) is 37.1 Å². The molecule has 1 N–H and O–H groups in total. The van der Waals surface area contributed by atoms with E-state index in [2.05, 4.69) is 55.3 Å². The van der Waals surface area contributed by atoms with Gasteiger partial charge in [-0.15, -0.1) is 0 Å². The summed E-state index contributed by atoms with van der Waals surface area (Å²) < 4.78 is 0. The van der Waals surface area contributed by atoms with Gasteiger partial charge in [0.2, 0.25) is 0 Å². The van der Waals surface area contributed by atoms with E-state index in [-0.39, 0.29) is 12.1 Å². The molecule has 0 heterocycles. The van der Waals surface area contributed by atoms with Crippen LogP contribution in [-0.4, -0.2) is 23.1 Å². The highest BCUT2D eigenvalue weighted by Crippen LogP contribution is 2.34. The van der Waals surface area contributed by atoms with E-state index in [1.165, 1.54) is 16.7 Å². The van der Waals surface area contributed by atoms with Gasteiger partial charge in [-0.2, -0.15) is 0 Å². The molecule has 2 unspecified atom stereocenters. The summed E-state index contributed by atoms with van der Waals surface area (Å²) in [6, 6.07) is 17.0. The third kappa shape index (κ3) is 2.49. The van der Waals surface area contributed by atoms with Crippen molar-refractivity contribution in [1.82, 2.24) is 4.90 Å². The molecule has 0 spiro atoms. The van der Waals surface area contributed by atoms with E-state index < -0.39 is 0 Å². The van der Waals surface area contributed by atoms with Crippen LogP contribution < -0.4 is 0 Å².